The van der Waals surface area contributed by atoms with Gasteiger partial charge in [-0.25, -0.2) is 14.6 Å². The van der Waals surface area contributed by atoms with Gasteiger partial charge in [-0.1, -0.05) is 19.8 Å². The van der Waals surface area contributed by atoms with Crippen LogP contribution in [-0.2, 0) is 41.7 Å². The zero-order chi connectivity index (χ0) is 31.9. The number of halogens is 1. The minimum Gasteiger partial charge on any atom is -0.461 e. The van der Waals surface area contributed by atoms with Gasteiger partial charge < -0.3 is 32.3 Å². The van der Waals surface area contributed by atoms with Crippen molar-refractivity contribution in [2.75, 3.05) is 19.0 Å². The molecule has 0 spiro atoms. The molecule has 0 aliphatic heterocycles. The minimum absolute atomic E-state index is 0.0385. The van der Waals surface area contributed by atoms with Gasteiger partial charge in [-0.15, -0.1) is 6.42 Å². The number of rotatable bonds is 13. The molecule has 15 nitrogen and oxygen atoms in total. The second kappa shape index (κ2) is 13.7. The molecule has 16 heteroatoms. The molecule has 1 unspecified atom stereocenters. The number of anilines is 1. The number of fused-ring (bicyclic) bond motifs is 1. The highest BCUT2D eigenvalue weighted by Crippen LogP contribution is 2.25. The Balaban J connectivity index is 1.65. The number of nitrogens with one attached hydrogen (secondary N) is 1. The lowest BCUT2D eigenvalue weighted by molar-refractivity contribution is -0.154. The maximum absolute atomic E-state index is 12.7. The lowest BCUT2D eigenvalue weighted by Crippen LogP contribution is -2.38. The van der Waals surface area contributed by atoms with Crippen molar-refractivity contribution in [3.63, 3.8) is 0 Å². The molecule has 1 N–H and O–H groups in total. The van der Waals surface area contributed by atoms with Crippen LogP contribution in [0, 0.1) is 25.2 Å². The molecule has 3 aromatic rings. The average molecular weight is 622 g/mol. The zero-order valence-electron chi connectivity index (χ0n) is 24.5. The number of hydrogen-bond acceptors (Lipinski definition) is 13. The molecule has 0 saturated heterocycles. The van der Waals surface area contributed by atoms with Crippen LogP contribution in [0.25, 0.3) is 11.2 Å². The summed E-state index contributed by atoms with van der Waals surface area (Å²) in [5.41, 5.74) is -2.03. The van der Waals surface area contributed by atoms with Gasteiger partial charge >= 0.3 is 23.9 Å². The number of amides is 1. The summed E-state index contributed by atoms with van der Waals surface area (Å²) in [5.74, 6) is 0.403. The van der Waals surface area contributed by atoms with E-state index in [0.29, 0.717) is 0 Å². The summed E-state index contributed by atoms with van der Waals surface area (Å²) >= 11 is 6.13. The van der Waals surface area contributed by atoms with E-state index in [1.807, 2.05) is 0 Å². The second-order valence-corrected chi connectivity index (χ2v) is 10.7. The van der Waals surface area contributed by atoms with Crippen LogP contribution in [0.15, 0.2) is 20.0 Å². The number of methoxy groups -OCH3 is 1. The van der Waals surface area contributed by atoms with Gasteiger partial charge in [-0.05, 0) is 32.4 Å². The number of carbonyl (C=O) groups excluding carboxylic acids is 3. The second-order valence-electron chi connectivity index (χ2n) is 10.4. The fourth-order valence-corrected chi connectivity index (χ4v) is 3.85. The minimum atomic E-state index is -1.31. The van der Waals surface area contributed by atoms with Crippen LogP contribution in [-0.4, -0.2) is 62.5 Å². The number of ether oxygens (including phenoxy) is 4. The average Bonchev–Trinajstić information content (AvgIpc) is 3.48. The van der Waals surface area contributed by atoms with Gasteiger partial charge in [0.15, 0.2) is 40.7 Å². The number of aryl methyl sites for hydroxylation is 2. The lowest BCUT2D eigenvalue weighted by Gasteiger charge is -2.27. The lowest BCUT2D eigenvalue weighted by atomic mass is 10.0. The Morgan fingerprint density at radius 2 is 1.93 bits per heavy atom. The number of carbonyl (C=O) groups is 3. The molecule has 1 amide bonds. The van der Waals surface area contributed by atoms with Crippen molar-refractivity contribution in [2.24, 2.45) is 5.92 Å². The van der Waals surface area contributed by atoms with Crippen LogP contribution in [0.4, 0.5) is 10.6 Å². The molecule has 3 heterocycles. The predicted octanol–water partition coefficient (Wildman–Crippen LogP) is 3.40. The van der Waals surface area contributed by atoms with Gasteiger partial charge in [0.25, 0.3) is 0 Å². The van der Waals surface area contributed by atoms with Crippen molar-refractivity contribution in [2.45, 2.75) is 71.8 Å². The van der Waals surface area contributed by atoms with E-state index in [-0.39, 0.29) is 72.3 Å². The van der Waals surface area contributed by atoms with E-state index in [9.17, 15) is 19.2 Å². The summed E-state index contributed by atoms with van der Waals surface area (Å²) in [6, 6.07) is 0. The smallest absolute Gasteiger partial charge is 0.461 e. The van der Waals surface area contributed by atoms with Crippen LogP contribution < -0.4 is 11.1 Å². The zero-order valence-corrected chi connectivity index (χ0v) is 25.3. The van der Waals surface area contributed by atoms with Crippen LogP contribution in [0.5, 0.6) is 0 Å². The number of hydrogen-bond donors (Lipinski definition) is 1. The maximum Gasteiger partial charge on any atom is 0.519 e. The van der Waals surface area contributed by atoms with Crippen molar-refractivity contribution >= 4 is 46.6 Å². The van der Waals surface area contributed by atoms with Gasteiger partial charge in [0.05, 0.1) is 18.7 Å². The van der Waals surface area contributed by atoms with Crippen molar-refractivity contribution in [3.05, 3.63) is 33.7 Å². The highest BCUT2D eigenvalue weighted by Gasteiger charge is 2.31. The number of nitrogens with zero attached hydrogens (tertiary/aromatic N) is 4. The molecule has 0 fully saturated rings. The molecule has 3 aromatic heterocycles. The van der Waals surface area contributed by atoms with Crippen molar-refractivity contribution in [1.82, 2.24) is 19.5 Å². The molecule has 0 saturated carbocycles. The third kappa shape index (κ3) is 8.79. The van der Waals surface area contributed by atoms with E-state index >= 15 is 0 Å². The van der Waals surface area contributed by atoms with Gasteiger partial charge in [0.2, 0.25) is 5.28 Å². The molecular weight excluding hydrogens is 590 g/mol. The van der Waals surface area contributed by atoms with Gasteiger partial charge in [-0.2, -0.15) is 9.97 Å². The first-order chi connectivity index (χ1) is 20.2. The van der Waals surface area contributed by atoms with Crippen LogP contribution in [0.1, 0.15) is 52.1 Å². The Labute approximate surface area is 251 Å². The Morgan fingerprint density at radius 3 is 2.53 bits per heavy atom. The first kappa shape index (κ1) is 33.1. The van der Waals surface area contributed by atoms with Crippen LogP contribution in [0.3, 0.4) is 0 Å². The third-order valence-electron chi connectivity index (χ3n) is 6.13. The molecule has 0 radical (unpaired) electrons. The summed E-state index contributed by atoms with van der Waals surface area (Å²) in [4.78, 5) is 60.7. The first-order valence-electron chi connectivity index (χ1n) is 13.0. The quantitative estimate of drug-likeness (QED) is 0.127. The van der Waals surface area contributed by atoms with E-state index in [1.54, 1.807) is 18.4 Å². The van der Waals surface area contributed by atoms with Crippen LogP contribution in [0.2, 0.25) is 5.28 Å². The van der Waals surface area contributed by atoms with Gasteiger partial charge in [-0.3, -0.25) is 14.9 Å². The summed E-state index contributed by atoms with van der Waals surface area (Å²) in [6.45, 7) is 7.66. The van der Waals surface area contributed by atoms with E-state index in [2.05, 4.69) is 26.2 Å². The Kier molecular flexibility index (Phi) is 10.5. The van der Waals surface area contributed by atoms with Crippen molar-refractivity contribution in [1.29, 1.82) is 0 Å². The number of imidazole rings is 1. The predicted molar refractivity (Wildman–Crippen MR) is 150 cm³/mol. The van der Waals surface area contributed by atoms with Gasteiger partial charge in [0.1, 0.15) is 12.2 Å². The molecule has 0 aliphatic carbocycles. The largest absolute Gasteiger partial charge is 0.519 e. The Bertz CT molecular complexity index is 1580. The standard InChI is InChI=1S/C27H32ClN5O10/c1-8-27(38-7,13-40-22(35)15(2)3)9-10-33-14-29-19-20(30-23(28)32-21(19)33)31-24(36)43-26(5,6)11-18(34)39-12-17-16(4)41-25(37)42-17/h1,14-15H,9-13H2,2-7H3,(H,30,31,32,36). The summed E-state index contributed by atoms with van der Waals surface area (Å²) in [5, 5.41) is 2.29. The molecule has 43 heavy (non-hydrogen) atoms. The number of aromatic nitrogens is 4. The summed E-state index contributed by atoms with van der Waals surface area (Å²) in [7, 11) is 1.42. The maximum atomic E-state index is 12.7. The summed E-state index contributed by atoms with van der Waals surface area (Å²) < 4.78 is 32.4. The van der Waals surface area contributed by atoms with E-state index in [4.69, 9.17) is 45.8 Å². The third-order valence-corrected chi connectivity index (χ3v) is 6.29. The highest BCUT2D eigenvalue weighted by atomic mass is 35.5. The monoisotopic (exact) mass is 621 g/mol. The number of esters is 2. The number of terminal acetylenes is 1. The topological polar surface area (TPSA) is 187 Å². The molecule has 0 aliphatic rings. The highest BCUT2D eigenvalue weighted by molar-refractivity contribution is 6.28. The van der Waals surface area contributed by atoms with Gasteiger partial charge in [0, 0.05) is 20.1 Å². The molecular formula is C27H32ClN5O10. The Morgan fingerprint density at radius 1 is 1.21 bits per heavy atom. The van der Waals surface area contributed by atoms with Crippen molar-refractivity contribution in [3.8, 4) is 12.3 Å². The summed E-state index contributed by atoms with van der Waals surface area (Å²) in [6.07, 6.45) is 6.13. The first-order valence-corrected chi connectivity index (χ1v) is 13.4. The van der Waals surface area contributed by atoms with Crippen LogP contribution >= 0.6 is 11.6 Å². The van der Waals surface area contributed by atoms with Crippen molar-refractivity contribution < 1.29 is 42.2 Å². The van der Waals surface area contributed by atoms with E-state index in [0.717, 1.165) is 0 Å². The molecule has 3 rings (SSSR count). The molecule has 0 bridgehead atoms. The fourth-order valence-electron chi connectivity index (χ4n) is 3.69. The fraction of sp³-hybridized carbons (Fsp3) is 0.519. The molecule has 0 aromatic carbocycles. The molecule has 232 valence electrons. The van der Waals surface area contributed by atoms with E-state index in [1.165, 1.54) is 34.2 Å². The molecule has 1 atom stereocenters. The Hall–Kier alpha value is -4.42. The van der Waals surface area contributed by atoms with E-state index < -0.39 is 35.1 Å². The SMILES string of the molecule is C#CC(CCn1cnc2c(NC(=O)OC(C)(C)CC(=O)OCc3oc(=O)oc3C)nc(Cl)nc21)(COC(=O)C(C)C)OC. The normalized spacial score (nSPS) is 12.9.